The first-order valence-electron chi connectivity index (χ1n) is 11.5. The molecule has 37 heavy (non-hydrogen) atoms. The van der Waals surface area contributed by atoms with Crippen LogP contribution in [0.15, 0.2) is 60.7 Å². The summed E-state index contributed by atoms with van der Waals surface area (Å²) in [5.41, 5.74) is 1.01. The highest BCUT2D eigenvalue weighted by atomic mass is 19.1. The zero-order valence-electron chi connectivity index (χ0n) is 19.7. The monoisotopic (exact) mass is 505 g/mol. The van der Waals surface area contributed by atoms with Crippen molar-refractivity contribution in [1.29, 1.82) is 0 Å². The maximum absolute atomic E-state index is 14.8. The summed E-state index contributed by atoms with van der Waals surface area (Å²) in [5, 5.41) is 2.24. The average Bonchev–Trinajstić information content (AvgIpc) is 3.19. The predicted molar refractivity (Wildman–Crippen MR) is 129 cm³/mol. The van der Waals surface area contributed by atoms with E-state index in [1.807, 2.05) is 0 Å². The van der Waals surface area contributed by atoms with Crippen LogP contribution in [-0.4, -0.2) is 41.8 Å². The van der Waals surface area contributed by atoms with Crippen molar-refractivity contribution in [2.45, 2.75) is 25.4 Å². The molecule has 2 aliphatic heterocycles. The molecule has 1 atom stereocenters. The molecule has 4 amide bonds. The first kappa shape index (κ1) is 24.1. The van der Waals surface area contributed by atoms with E-state index in [4.69, 9.17) is 4.74 Å². The summed E-state index contributed by atoms with van der Waals surface area (Å²) >= 11 is 0. The third kappa shape index (κ3) is 4.53. The number of nitrogens with zero attached hydrogens (tertiary/aromatic N) is 2. The largest absolute Gasteiger partial charge is 0.419 e. The summed E-state index contributed by atoms with van der Waals surface area (Å²) in [5.74, 6) is -2.94. The van der Waals surface area contributed by atoms with E-state index in [0.29, 0.717) is 11.1 Å². The minimum atomic E-state index is -0.918. The van der Waals surface area contributed by atoms with E-state index >= 15 is 0 Å². The second-order valence-corrected chi connectivity index (χ2v) is 8.80. The summed E-state index contributed by atoms with van der Waals surface area (Å²) < 4.78 is 34.9. The van der Waals surface area contributed by atoms with Crippen LogP contribution in [0.25, 0.3) is 11.1 Å². The van der Waals surface area contributed by atoms with Gasteiger partial charge in [0.1, 0.15) is 23.4 Å². The van der Waals surface area contributed by atoms with Gasteiger partial charge in [0.05, 0.1) is 11.3 Å². The molecule has 0 bridgehead atoms. The van der Waals surface area contributed by atoms with Crippen molar-refractivity contribution in [3.05, 3.63) is 83.4 Å². The maximum atomic E-state index is 14.8. The quantitative estimate of drug-likeness (QED) is 0.541. The van der Waals surface area contributed by atoms with Crippen molar-refractivity contribution in [2.24, 2.45) is 0 Å². The van der Waals surface area contributed by atoms with Crippen LogP contribution in [0.2, 0.25) is 0 Å². The molecule has 8 nitrogen and oxygen atoms in total. The highest BCUT2D eigenvalue weighted by Crippen LogP contribution is 2.32. The molecule has 2 aliphatic rings. The number of amides is 4. The molecule has 0 aromatic heterocycles. The first-order chi connectivity index (χ1) is 17.7. The van der Waals surface area contributed by atoms with Gasteiger partial charge in [-0.05, 0) is 41.8 Å². The first-order valence-corrected chi connectivity index (χ1v) is 11.5. The highest BCUT2D eigenvalue weighted by molar-refractivity contribution is 6.05. The second-order valence-electron chi connectivity index (χ2n) is 8.80. The van der Waals surface area contributed by atoms with E-state index in [-0.39, 0.29) is 47.9 Å². The van der Waals surface area contributed by atoms with Crippen LogP contribution in [0.5, 0.6) is 5.75 Å². The molecule has 0 spiro atoms. The lowest BCUT2D eigenvalue weighted by Crippen LogP contribution is -2.52. The lowest BCUT2D eigenvalue weighted by molar-refractivity contribution is -0.136. The Morgan fingerprint density at radius 3 is 2.41 bits per heavy atom. The Labute approximate surface area is 210 Å². The Bertz CT molecular complexity index is 1420. The van der Waals surface area contributed by atoms with Gasteiger partial charge in [0.25, 0.3) is 5.91 Å². The summed E-state index contributed by atoms with van der Waals surface area (Å²) in [7, 11) is 1.31. The summed E-state index contributed by atoms with van der Waals surface area (Å²) in [6.07, 6.45) is -0.550. The topological polar surface area (TPSA) is 96.0 Å². The van der Waals surface area contributed by atoms with Crippen LogP contribution in [0.4, 0.5) is 19.3 Å². The molecule has 0 radical (unpaired) electrons. The van der Waals surface area contributed by atoms with Gasteiger partial charge in [0, 0.05) is 25.6 Å². The SMILES string of the molecule is CN(C(=O)Oc1ccc2c(c1)C(=O)N(C1CCC(=O)NC1=O)C2)c1cc(F)c(-c2ccccc2)c(F)c1. The van der Waals surface area contributed by atoms with Gasteiger partial charge >= 0.3 is 6.09 Å². The minimum Gasteiger partial charge on any atom is -0.410 e. The van der Waals surface area contributed by atoms with E-state index in [1.54, 1.807) is 36.4 Å². The van der Waals surface area contributed by atoms with Crippen LogP contribution < -0.4 is 15.0 Å². The molecule has 2 heterocycles. The Morgan fingerprint density at radius 2 is 1.73 bits per heavy atom. The van der Waals surface area contributed by atoms with Crippen molar-refractivity contribution in [2.75, 3.05) is 11.9 Å². The van der Waals surface area contributed by atoms with Gasteiger partial charge < -0.3 is 9.64 Å². The maximum Gasteiger partial charge on any atom is 0.419 e. The Kier molecular flexibility index (Phi) is 6.16. The van der Waals surface area contributed by atoms with Crippen molar-refractivity contribution in [3.8, 4) is 16.9 Å². The van der Waals surface area contributed by atoms with E-state index in [2.05, 4.69) is 5.32 Å². The molecular weight excluding hydrogens is 484 g/mol. The molecule has 1 fully saturated rings. The lowest BCUT2D eigenvalue weighted by atomic mass is 10.0. The van der Waals surface area contributed by atoms with Gasteiger partial charge in [-0.1, -0.05) is 36.4 Å². The molecule has 1 unspecified atom stereocenters. The van der Waals surface area contributed by atoms with Gasteiger partial charge in [-0.3, -0.25) is 24.6 Å². The van der Waals surface area contributed by atoms with Gasteiger partial charge in [-0.25, -0.2) is 13.6 Å². The summed E-state index contributed by atoms with van der Waals surface area (Å²) in [6.45, 7) is 0.181. The van der Waals surface area contributed by atoms with Crippen LogP contribution in [-0.2, 0) is 16.1 Å². The zero-order chi connectivity index (χ0) is 26.3. The van der Waals surface area contributed by atoms with Crippen LogP contribution in [0, 0.1) is 11.6 Å². The summed E-state index contributed by atoms with van der Waals surface area (Å²) in [4.78, 5) is 51.7. The minimum absolute atomic E-state index is 0.0518. The van der Waals surface area contributed by atoms with E-state index in [0.717, 1.165) is 17.0 Å². The average molecular weight is 505 g/mol. The van der Waals surface area contributed by atoms with E-state index in [1.165, 1.54) is 24.1 Å². The van der Waals surface area contributed by atoms with Crippen molar-refractivity contribution >= 4 is 29.5 Å². The number of carbonyl (C=O) groups is 4. The van der Waals surface area contributed by atoms with Gasteiger partial charge in [0.15, 0.2) is 0 Å². The molecule has 0 aliphatic carbocycles. The van der Waals surface area contributed by atoms with Crippen LogP contribution in [0.3, 0.4) is 0 Å². The molecule has 3 aromatic carbocycles. The zero-order valence-corrected chi connectivity index (χ0v) is 19.7. The summed E-state index contributed by atoms with van der Waals surface area (Å²) in [6, 6.07) is 14.0. The van der Waals surface area contributed by atoms with Gasteiger partial charge in [0.2, 0.25) is 11.8 Å². The van der Waals surface area contributed by atoms with Crippen molar-refractivity contribution in [3.63, 3.8) is 0 Å². The normalized spacial score (nSPS) is 16.9. The van der Waals surface area contributed by atoms with Crippen LogP contribution >= 0.6 is 0 Å². The third-order valence-electron chi connectivity index (χ3n) is 6.46. The number of benzene rings is 3. The molecule has 1 saturated heterocycles. The second kappa shape index (κ2) is 9.45. The number of ether oxygens (including phenoxy) is 1. The Balaban J connectivity index is 1.31. The van der Waals surface area contributed by atoms with E-state index in [9.17, 15) is 28.0 Å². The standard InChI is InChI=1S/C27H21F2N3O5/c1-31(17-11-20(28)24(21(29)12-17)15-5-3-2-4-6-15)27(36)37-18-8-7-16-14-32(26(35)19(16)13-18)22-9-10-23(33)30-25(22)34/h2-8,11-13,22H,9-10,14H2,1H3,(H,30,33,34). The van der Waals surface area contributed by atoms with Crippen LogP contribution in [0.1, 0.15) is 28.8 Å². The fourth-order valence-electron chi connectivity index (χ4n) is 4.51. The number of hydrogen-bond acceptors (Lipinski definition) is 5. The molecule has 1 N–H and O–H groups in total. The predicted octanol–water partition coefficient (Wildman–Crippen LogP) is 4.03. The molecule has 10 heteroatoms. The van der Waals surface area contributed by atoms with Gasteiger partial charge in [-0.15, -0.1) is 0 Å². The Morgan fingerprint density at radius 1 is 1.03 bits per heavy atom. The third-order valence-corrected chi connectivity index (χ3v) is 6.46. The Hall–Kier alpha value is -4.60. The number of carbonyl (C=O) groups excluding carboxylic acids is 4. The number of hydrogen-bond donors (Lipinski definition) is 1. The number of nitrogens with one attached hydrogen (secondary N) is 1. The van der Waals surface area contributed by atoms with Crippen molar-refractivity contribution in [1.82, 2.24) is 10.2 Å². The molecule has 188 valence electrons. The fourth-order valence-corrected chi connectivity index (χ4v) is 4.51. The van der Waals surface area contributed by atoms with E-state index < -0.39 is 35.6 Å². The number of halogens is 2. The number of imide groups is 1. The number of anilines is 1. The van der Waals surface area contributed by atoms with Gasteiger partial charge in [-0.2, -0.15) is 0 Å². The smallest absolute Gasteiger partial charge is 0.410 e. The highest BCUT2D eigenvalue weighted by Gasteiger charge is 2.39. The number of fused-ring (bicyclic) bond motifs is 1. The molecular formula is C27H21F2N3O5. The number of rotatable bonds is 4. The van der Waals surface area contributed by atoms with Crippen molar-refractivity contribution < 1.29 is 32.7 Å². The fraction of sp³-hybridized carbons (Fsp3) is 0.185. The molecule has 5 rings (SSSR count). The molecule has 3 aromatic rings. The molecule has 0 saturated carbocycles. The lowest BCUT2D eigenvalue weighted by Gasteiger charge is -2.29. The number of piperidine rings is 1.